The maximum atomic E-state index is 12.7. The number of sulfonamides is 1. The summed E-state index contributed by atoms with van der Waals surface area (Å²) in [6.45, 7) is 5.25. The van der Waals surface area contributed by atoms with Crippen molar-refractivity contribution in [3.63, 3.8) is 0 Å². The van der Waals surface area contributed by atoms with Gasteiger partial charge in [0.25, 0.3) is 10.0 Å². The van der Waals surface area contributed by atoms with Crippen molar-refractivity contribution in [1.29, 1.82) is 0 Å². The number of rotatable bonds is 4. The molecule has 0 aromatic carbocycles. The number of carbonyl (C=O) groups is 1. The first-order chi connectivity index (χ1) is 11.0. The SMILES string of the molecule is CN([C@@H]1CCCC[C@H]1O)S(=O)(=O)c1nnc(NC(=O)C(C)(C)C)s1. The molecule has 1 amide bonds. The number of aromatic nitrogens is 2. The number of nitrogens with zero attached hydrogens (tertiary/aromatic N) is 3. The molecule has 2 rings (SSSR count). The summed E-state index contributed by atoms with van der Waals surface area (Å²) in [5.74, 6) is -0.265. The van der Waals surface area contributed by atoms with Crippen LogP contribution in [-0.4, -0.2) is 53.1 Å². The van der Waals surface area contributed by atoms with E-state index in [9.17, 15) is 18.3 Å². The fourth-order valence-electron chi connectivity index (χ4n) is 2.47. The molecule has 136 valence electrons. The lowest BCUT2D eigenvalue weighted by atomic mass is 9.93. The molecule has 1 aromatic heterocycles. The topological polar surface area (TPSA) is 112 Å². The second-order valence-electron chi connectivity index (χ2n) is 7.02. The van der Waals surface area contributed by atoms with E-state index in [2.05, 4.69) is 15.5 Å². The summed E-state index contributed by atoms with van der Waals surface area (Å²) in [5.41, 5.74) is -0.617. The molecule has 1 aromatic rings. The van der Waals surface area contributed by atoms with E-state index in [1.165, 1.54) is 11.4 Å². The fraction of sp³-hybridized carbons (Fsp3) is 0.786. The molecular formula is C14H24N4O4S2. The van der Waals surface area contributed by atoms with E-state index in [-0.39, 0.29) is 15.4 Å². The summed E-state index contributed by atoms with van der Waals surface area (Å²) in [6, 6.07) is -0.458. The Morgan fingerprint density at radius 1 is 1.29 bits per heavy atom. The van der Waals surface area contributed by atoms with Crippen LogP contribution in [0.3, 0.4) is 0 Å². The molecular weight excluding hydrogens is 352 g/mol. The predicted molar refractivity (Wildman–Crippen MR) is 91.2 cm³/mol. The molecule has 0 bridgehead atoms. The summed E-state index contributed by atoms with van der Waals surface area (Å²) >= 11 is 0.812. The average Bonchev–Trinajstić information content (AvgIpc) is 2.95. The fourth-order valence-corrected chi connectivity index (χ4v) is 4.94. The molecule has 0 unspecified atom stereocenters. The van der Waals surface area contributed by atoms with E-state index in [0.717, 1.165) is 24.2 Å². The standard InChI is InChI=1S/C14H24N4O4S2/c1-14(2,3)11(20)15-12-16-17-13(23-12)24(21,22)18(4)9-7-5-6-8-10(9)19/h9-10,19H,5-8H2,1-4H3,(H,15,16,20)/t9-,10-/m1/s1. The van der Waals surface area contributed by atoms with Crippen molar-refractivity contribution in [2.24, 2.45) is 5.41 Å². The molecule has 2 atom stereocenters. The van der Waals surface area contributed by atoms with Gasteiger partial charge in [0, 0.05) is 12.5 Å². The highest BCUT2D eigenvalue weighted by atomic mass is 32.2. The number of amides is 1. The number of carbonyl (C=O) groups excluding carboxylic acids is 1. The van der Waals surface area contributed by atoms with Gasteiger partial charge in [0.15, 0.2) is 0 Å². The van der Waals surface area contributed by atoms with Gasteiger partial charge in [-0.3, -0.25) is 4.79 Å². The number of hydrogen-bond acceptors (Lipinski definition) is 7. The lowest BCUT2D eigenvalue weighted by Crippen LogP contribution is -2.46. The second kappa shape index (κ2) is 7.03. The van der Waals surface area contributed by atoms with Crippen LogP contribution in [0.1, 0.15) is 46.5 Å². The van der Waals surface area contributed by atoms with Crippen LogP contribution in [0.25, 0.3) is 0 Å². The molecule has 24 heavy (non-hydrogen) atoms. The molecule has 2 N–H and O–H groups in total. The number of likely N-dealkylation sites (N-methyl/N-ethyl adjacent to an activating group) is 1. The average molecular weight is 377 g/mol. The lowest BCUT2D eigenvalue weighted by Gasteiger charge is -2.33. The molecule has 8 nitrogen and oxygen atoms in total. The van der Waals surface area contributed by atoms with Crippen LogP contribution in [-0.2, 0) is 14.8 Å². The maximum absolute atomic E-state index is 12.7. The van der Waals surface area contributed by atoms with Gasteiger partial charge >= 0.3 is 0 Å². The van der Waals surface area contributed by atoms with Crippen LogP contribution in [0, 0.1) is 5.41 Å². The second-order valence-corrected chi connectivity index (χ2v) is 10.2. The number of aliphatic hydroxyl groups is 1. The predicted octanol–water partition coefficient (Wildman–Crippen LogP) is 1.45. The zero-order valence-electron chi connectivity index (χ0n) is 14.3. The Hall–Kier alpha value is -1.10. The van der Waals surface area contributed by atoms with Gasteiger partial charge in [-0.25, -0.2) is 8.42 Å². The minimum atomic E-state index is -3.86. The summed E-state index contributed by atoms with van der Waals surface area (Å²) in [4.78, 5) is 12.0. The minimum Gasteiger partial charge on any atom is -0.391 e. The first kappa shape index (κ1) is 19.2. The Bertz CT molecular complexity index is 696. The van der Waals surface area contributed by atoms with Crippen molar-refractivity contribution in [2.75, 3.05) is 12.4 Å². The van der Waals surface area contributed by atoms with Crippen molar-refractivity contribution in [2.45, 2.75) is 62.9 Å². The van der Waals surface area contributed by atoms with Crippen molar-refractivity contribution in [1.82, 2.24) is 14.5 Å². The van der Waals surface area contributed by atoms with Crippen LogP contribution in [0.15, 0.2) is 4.34 Å². The van der Waals surface area contributed by atoms with Crippen molar-refractivity contribution in [3.8, 4) is 0 Å². The normalized spacial score (nSPS) is 22.6. The number of aliphatic hydroxyl groups excluding tert-OH is 1. The third kappa shape index (κ3) is 4.11. The van der Waals surface area contributed by atoms with E-state index < -0.39 is 27.6 Å². The Balaban J connectivity index is 2.17. The molecule has 0 radical (unpaired) electrons. The zero-order valence-corrected chi connectivity index (χ0v) is 15.9. The molecule has 1 aliphatic carbocycles. The largest absolute Gasteiger partial charge is 0.391 e. The highest BCUT2D eigenvalue weighted by Gasteiger charge is 2.36. The first-order valence-electron chi connectivity index (χ1n) is 7.84. The van der Waals surface area contributed by atoms with E-state index in [1.54, 1.807) is 20.8 Å². The van der Waals surface area contributed by atoms with E-state index in [0.29, 0.717) is 12.8 Å². The van der Waals surface area contributed by atoms with Crippen molar-refractivity contribution in [3.05, 3.63) is 0 Å². The smallest absolute Gasteiger partial charge is 0.272 e. The van der Waals surface area contributed by atoms with Gasteiger partial charge in [-0.2, -0.15) is 4.31 Å². The number of hydrogen-bond donors (Lipinski definition) is 2. The Morgan fingerprint density at radius 2 is 1.92 bits per heavy atom. The van der Waals surface area contributed by atoms with Gasteiger partial charge in [-0.15, -0.1) is 10.2 Å². The first-order valence-corrected chi connectivity index (χ1v) is 10.1. The maximum Gasteiger partial charge on any atom is 0.272 e. The molecule has 0 saturated heterocycles. The van der Waals surface area contributed by atoms with E-state index in [1.807, 2.05) is 0 Å². The molecule has 1 aliphatic rings. The molecule has 10 heteroatoms. The summed E-state index contributed by atoms with van der Waals surface area (Å²) in [5, 5.41) is 20.2. The van der Waals surface area contributed by atoms with Gasteiger partial charge in [-0.1, -0.05) is 44.9 Å². The Labute approximate surface area is 146 Å². The quantitative estimate of drug-likeness (QED) is 0.769. The Kier molecular flexibility index (Phi) is 5.63. The van der Waals surface area contributed by atoms with Gasteiger partial charge in [0.05, 0.1) is 12.1 Å². The minimum absolute atomic E-state index is 0.145. The van der Waals surface area contributed by atoms with E-state index >= 15 is 0 Å². The van der Waals surface area contributed by atoms with E-state index in [4.69, 9.17) is 0 Å². The van der Waals surface area contributed by atoms with Crippen LogP contribution in [0.5, 0.6) is 0 Å². The van der Waals surface area contributed by atoms with Gasteiger partial charge in [0.1, 0.15) is 0 Å². The number of nitrogens with one attached hydrogen (secondary N) is 1. The highest BCUT2D eigenvalue weighted by molar-refractivity contribution is 7.91. The lowest BCUT2D eigenvalue weighted by molar-refractivity contribution is -0.123. The number of anilines is 1. The van der Waals surface area contributed by atoms with Crippen molar-refractivity contribution >= 4 is 32.4 Å². The zero-order chi connectivity index (χ0) is 18.1. The summed E-state index contributed by atoms with van der Waals surface area (Å²) in [6.07, 6.45) is 2.31. The van der Waals surface area contributed by atoms with Gasteiger partial charge in [0.2, 0.25) is 15.4 Å². The van der Waals surface area contributed by atoms with Crippen LogP contribution >= 0.6 is 11.3 Å². The Morgan fingerprint density at radius 3 is 2.50 bits per heavy atom. The molecule has 0 spiro atoms. The third-order valence-corrected chi connectivity index (χ3v) is 7.14. The molecule has 1 heterocycles. The molecule has 0 aliphatic heterocycles. The van der Waals surface area contributed by atoms with Crippen LogP contribution in [0.4, 0.5) is 5.13 Å². The highest BCUT2D eigenvalue weighted by Crippen LogP contribution is 2.29. The molecule has 1 saturated carbocycles. The molecule has 1 fully saturated rings. The third-order valence-electron chi connectivity index (χ3n) is 4.07. The summed E-state index contributed by atoms with van der Waals surface area (Å²) in [7, 11) is -2.41. The van der Waals surface area contributed by atoms with Gasteiger partial charge in [-0.05, 0) is 12.8 Å². The van der Waals surface area contributed by atoms with Crippen molar-refractivity contribution < 1.29 is 18.3 Å². The van der Waals surface area contributed by atoms with Crippen LogP contribution in [0.2, 0.25) is 0 Å². The van der Waals surface area contributed by atoms with Gasteiger partial charge < -0.3 is 10.4 Å². The monoisotopic (exact) mass is 376 g/mol. The van der Waals surface area contributed by atoms with Crippen LogP contribution < -0.4 is 5.32 Å². The summed E-state index contributed by atoms with van der Waals surface area (Å²) < 4.78 is 26.4.